The molecule has 0 bridgehead atoms. The second-order valence-electron chi connectivity index (χ2n) is 5.38. The number of aliphatic carboxylic acids is 1. The predicted octanol–water partition coefficient (Wildman–Crippen LogP) is 2.06. The molecule has 0 spiro atoms. The van der Waals surface area contributed by atoms with E-state index in [4.69, 9.17) is 9.84 Å². The van der Waals surface area contributed by atoms with Crippen LogP contribution in [-0.2, 0) is 9.59 Å². The minimum Gasteiger partial charge on any atom is -0.494 e. The lowest BCUT2D eigenvalue weighted by Crippen LogP contribution is -2.38. The molecule has 6 nitrogen and oxygen atoms in total. The fraction of sp³-hybridized carbons (Fsp3) is 0.529. The number of carbonyl (C=O) groups excluding carboxylic acids is 1. The molecule has 0 fully saturated rings. The summed E-state index contributed by atoms with van der Waals surface area (Å²) in [6.07, 6.45) is 0.767. The first-order chi connectivity index (χ1) is 11.0. The van der Waals surface area contributed by atoms with Gasteiger partial charge in [0.2, 0.25) is 5.91 Å². The molecule has 1 aromatic rings. The average molecular weight is 322 g/mol. The Kier molecular flexibility index (Phi) is 8.11. The van der Waals surface area contributed by atoms with E-state index in [2.05, 4.69) is 5.32 Å². The number of benzene rings is 1. The van der Waals surface area contributed by atoms with Gasteiger partial charge in [-0.05, 0) is 26.5 Å². The quantitative estimate of drug-likeness (QED) is 0.689. The van der Waals surface area contributed by atoms with Crippen molar-refractivity contribution in [3.05, 3.63) is 29.8 Å². The zero-order valence-corrected chi connectivity index (χ0v) is 14.0. The van der Waals surface area contributed by atoms with Crippen molar-refractivity contribution in [3.8, 4) is 5.75 Å². The van der Waals surface area contributed by atoms with Gasteiger partial charge in [0.25, 0.3) is 0 Å². The molecule has 1 atom stereocenters. The smallest absolute Gasteiger partial charge is 0.304 e. The monoisotopic (exact) mass is 322 g/mol. The number of hydrogen-bond donors (Lipinski definition) is 2. The van der Waals surface area contributed by atoms with E-state index in [1.54, 1.807) is 11.9 Å². The minimum absolute atomic E-state index is 0.0220. The van der Waals surface area contributed by atoms with E-state index in [9.17, 15) is 9.59 Å². The molecule has 0 aliphatic carbocycles. The standard InChI is InChI=1S/C17H26N2O4/c1-4-14(13-8-6-7-9-15(13)23-5-2)18-16(20)12-19(3)11-10-17(21)22/h6-9,14H,4-5,10-12H2,1-3H3,(H,18,20)(H,21,22). The van der Waals surface area contributed by atoms with Gasteiger partial charge in [-0.1, -0.05) is 25.1 Å². The molecule has 23 heavy (non-hydrogen) atoms. The molecule has 0 radical (unpaired) electrons. The highest BCUT2D eigenvalue weighted by Gasteiger charge is 2.17. The molecular formula is C17H26N2O4. The van der Waals surface area contributed by atoms with Gasteiger partial charge < -0.3 is 15.2 Å². The van der Waals surface area contributed by atoms with Crippen LogP contribution in [0.25, 0.3) is 0 Å². The highest BCUT2D eigenvalue weighted by Crippen LogP contribution is 2.27. The van der Waals surface area contributed by atoms with Crippen molar-refractivity contribution in [3.63, 3.8) is 0 Å². The van der Waals surface area contributed by atoms with Gasteiger partial charge in [0.05, 0.1) is 25.6 Å². The molecule has 1 amide bonds. The number of carboxylic acids is 1. The topological polar surface area (TPSA) is 78.9 Å². The van der Waals surface area contributed by atoms with E-state index in [1.165, 1.54) is 0 Å². The SMILES string of the molecule is CCOc1ccccc1C(CC)NC(=O)CN(C)CCC(=O)O. The van der Waals surface area contributed by atoms with Crippen LogP contribution in [0, 0.1) is 0 Å². The van der Waals surface area contributed by atoms with Crippen molar-refractivity contribution >= 4 is 11.9 Å². The van der Waals surface area contributed by atoms with Crippen LogP contribution < -0.4 is 10.1 Å². The first-order valence-electron chi connectivity index (χ1n) is 7.89. The van der Waals surface area contributed by atoms with Crippen LogP contribution in [0.15, 0.2) is 24.3 Å². The lowest BCUT2D eigenvalue weighted by Gasteiger charge is -2.22. The summed E-state index contributed by atoms with van der Waals surface area (Å²) in [5, 5.41) is 11.7. The third kappa shape index (κ3) is 6.69. The number of nitrogens with one attached hydrogen (secondary N) is 1. The van der Waals surface area contributed by atoms with Gasteiger partial charge in [-0.3, -0.25) is 14.5 Å². The van der Waals surface area contributed by atoms with Crippen molar-refractivity contribution < 1.29 is 19.4 Å². The molecule has 1 rings (SSSR count). The number of carboxylic acid groups (broad SMARTS) is 1. The van der Waals surface area contributed by atoms with Crippen LogP contribution in [0.2, 0.25) is 0 Å². The molecule has 0 aliphatic heterocycles. The van der Waals surface area contributed by atoms with E-state index in [0.717, 1.165) is 17.7 Å². The van der Waals surface area contributed by atoms with E-state index in [-0.39, 0.29) is 24.9 Å². The number of nitrogens with zero attached hydrogens (tertiary/aromatic N) is 1. The molecule has 0 aromatic heterocycles. The largest absolute Gasteiger partial charge is 0.494 e. The Hall–Kier alpha value is -2.08. The maximum Gasteiger partial charge on any atom is 0.304 e. The normalized spacial score (nSPS) is 12.0. The summed E-state index contributed by atoms with van der Waals surface area (Å²) in [7, 11) is 1.73. The molecule has 0 heterocycles. The van der Waals surface area contributed by atoms with E-state index < -0.39 is 5.97 Å². The third-order valence-corrected chi connectivity index (χ3v) is 3.46. The third-order valence-electron chi connectivity index (χ3n) is 3.46. The summed E-state index contributed by atoms with van der Waals surface area (Å²) < 4.78 is 5.62. The van der Waals surface area contributed by atoms with Crippen LogP contribution >= 0.6 is 0 Å². The van der Waals surface area contributed by atoms with Crippen LogP contribution in [-0.4, -0.2) is 48.6 Å². The number of hydrogen-bond acceptors (Lipinski definition) is 4. The zero-order valence-electron chi connectivity index (χ0n) is 14.0. The summed E-state index contributed by atoms with van der Waals surface area (Å²) in [6, 6.07) is 7.55. The van der Waals surface area contributed by atoms with Crippen LogP contribution in [0.5, 0.6) is 5.75 Å². The maximum absolute atomic E-state index is 12.2. The highest BCUT2D eigenvalue weighted by molar-refractivity contribution is 5.78. The Balaban J connectivity index is 2.65. The lowest BCUT2D eigenvalue weighted by atomic mass is 10.0. The Labute approximate surface area is 137 Å². The number of rotatable bonds is 10. The average Bonchev–Trinajstić information content (AvgIpc) is 2.51. The van der Waals surface area contributed by atoms with Gasteiger partial charge in [-0.2, -0.15) is 0 Å². The second kappa shape index (κ2) is 9.84. The molecule has 0 saturated carbocycles. The molecule has 1 unspecified atom stereocenters. The molecule has 0 saturated heterocycles. The maximum atomic E-state index is 12.2. The predicted molar refractivity (Wildman–Crippen MR) is 88.5 cm³/mol. The van der Waals surface area contributed by atoms with Crippen molar-refractivity contribution in [1.29, 1.82) is 0 Å². The zero-order chi connectivity index (χ0) is 17.2. The number of amides is 1. The van der Waals surface area contributed by atoms with Crippen LogP contribution in [0.4, 0.5) is 0 Å². The minimum atomic E-state index is -0.866. The molecule has 2 N–H and O–H groups in total. The van der Waals surface area contributed by atoms with E-state index in [0.29, 0.717) is 13.2 Å². The van der Waals surface area contributed by atoms with Crippen LogP contribution in [0.1, 0.15) is 38.3 Å². The molecule has 0 aliphatic rings. The molecule has 1 aromatic carbocycles. The summed E-state index contributed by atoms with van der Waals surface area (Å²) >= 11 is 0. The van der Waals surface area contributed by atoms with Gasteiger partial charge in [0, 0.05) is 12.1 Å². The summed E-state index contributed by atoms with van der Waals surface area (Å²) in [6.45, 7) is 5.00. The van der Waals surface area contributed by atoms with Crippen molar-refractivity contribution in [2.75, 3.05) is 26.7 Å². The summed E-state index contributed by atoms with van der Waals surface area (Å²) in [5.41, 5.74) is 0.957. The number of carbonyl (C=O) groups is 2. The van der Waals surface area contributed by atoms with Crippen molar-refractivity contribution in [1.82, 2.24) is 10.2 Å². The van der Waals surface area contributed by atoms with Crippen molar-refractivity contribution in [2.45, 2.75) is 32.7 Å². The van der Waals surface area contributed by atoms with Gasteiger partial charge in [0.1, 0.15) is 5.75 Å². The van der Waals surface area contributed by atoms with Gasteiger partial charge >= 0.3 is 5.97 Å². The van der Waals surface area contributed by atoms with Gasteiger partial charge in [-0.15, -0.1) is 0 Å². The first-order valence-corrected chi connectivity index (χ1v) is 7.89. The fourth-order valence-corrected chi connectivity index (χ4v) is 2.31. The fourth-order valence-electron chi connectivity index (χ4n) is 2.31. The van der Waals surface area contributed by atoms with E-state index in [1.807, 2.05) is 38.1 Å². The molecular weight excluding hydrogens is 296 g/mol. The van der Waals surface area contributed by atoms with E-state index >= 15 is 0 Å². The Bertz CT molecular complexity index is 519. The Morgan fingerprint density at radius 1 is 1.30 bits per heavy atom. The van der Waals surface area contributed by atoms with Crippen molar-refractivity contribution in [2.24, 2.45) is 0 Å². The lowest BCUT2D eigenvalue weighted by molar-refractivity contribution is -0.137. The number of likely N-dealkylation sites (N-methyl/N-ethyl adjacent to an activating group) is 1. The van der Waals surface area contributed by atoms with Gasteiger partial charge in [0.15, 0.2) is 0 Å². The first kappa shape index (κ1) is 19.0. The summed E-state index contributed by atoms with van der Waals surface area (Å²) in [5.74, 6) is -0.216. The van der Waals surface area contributed by atoms with Gasteiger partial charge in [-0.25, -0.2) is 0 Å². The number of para-hydroxylation sites is 1. The number of ether oxygens (including phenoxy) is 1. The summed E-state index contributed by atoms with van der Waals surface area (Å²) in [4.78, 5) is 24.4. The van der Waals surface area contributed by atoms with Crippen LogP contribution in [0.3, 0.4) is 0 Å². The molecule has 6 heteroatoms. The Morgan fingerprint density at radius 3 is 2.61 bits per heavy atom. The molecule has 128 valence electrons. The Morgan fingerprint density at radius 2 is 2.00 bits per heavy atom. The second-order valence-corrected chi connectivity index (χ2v) is 5.38. The highest BCUT2D eigenvalue weighted by atomic mass is 16.5.